The van der Waals surface area contributed by atoms with E-state index in [1.165, 1.54) is 5.01 Å². The molecule has 0 aromatic carbocycles. The van der Waals surface area contributed by atoms with E-state index < -0.39 is 23.2 Å². The Balaban J connectivity index is 2.67. The van der Waals surface area contributed by atoms with Gasteiger partial charge in [-0.2, -0.15) is 0 Å². The van der Waals surface area contributed by atoms with Crippen molar-refractivity contribution in [2.24, 2.45) is 0 Å². The zero-order valence-corrected chi connectivity index (χ0v) is 10.7. The highest BCUT2D eigenvalue weighted by atomic mass is 16.6. The number of ether oxygens (including phenoxy) is 1. The van der Waals surface area contributed by atoms with Gasteiger partial charge in [0.1, 0.15) is 11.1 Å². The van der Waals surface area contributed by atoms with Gasteiger partial charge >= 0.3 is 12.1 Å². The van der Waals surface area contributed by atoms with Crippen molar-refractivity contribution < 1.29 is 19.4 Å². The summed E-state index contributed by atoms with van der Waals surface area (Å²) in [5, 5.41) is 10.4. The summed E-state index contributed by atoms with van der Waals surface area (Å²) in [5.41, 5.74) is 1.11. The van der Waals surface area contributed by atoms with Crippen molar-refractivity contribution in [3.8, 4) is 0 Å². The van der Waals surface area contributed by atoms with Crippen molar-refractivity contribution in [2.45, 2.75) is 51.7 Å². The summed E-state index contributed by atoms with van der Waals surface area (Å²) in [4.78, 5) is 22.9. The monoisotopic (exact) mass is 244 g/mol. The number of rotatable bonds is 2. The number of hydrogen-bond donors (Lipinski definition) is 2. The molecule has 6 heteroatoms. The Kier molecular flexibility index (Phi) is 3.66. The summed E-state index contributed by atoms with van der Waals surface area (Å²) >= 11 is 0. The second kappa shape index (κ2) is 4.52. The fourth-order valence-corrected chi connectivity index (χ4v) is 1.69. The first-order valence-electron chi connectivity index (χ1n) is 5.72. The highest BCUT2D eigenvalue weighted by Gasteiger charge is 2.45. The smallest absolute Gasteiger partial charge is 0.424 e. The zero-order chi connectivity index (χ0) is 13.3. The van der Waals surface area contributed by atoms with Gasteiger partial charge in [0.05, 0.1) is 0 Å². The second-order valence-electron chi connectivity index (χ2n) is 5.23. The maximum Gasteiger partial charge on any atom is 0.424 e. The van der Waals surface area contributed by atoms with E-state index in [1.54, 1.807) is 27.7 Å². The number of amides is 1. The average molecular weight is 244 g/mol. The fraction of sp³-hybridized carbons (Fsp3) is 0.818. The molecular formula is C11H20N2O4. The lowest BCUT2D eigenvalue weighted by atomic mass is 9.95. The van der Waals surface area contributed by atoms with Crippen molar-refractivity contribution in [1.82, 2.24) is 10.4 Å². The van der Waals surface area contributed by atoms with Crippen LogP contribution in [-0.2, 0) is 9.53 Å². The number of aliphatic carboxylic acids is 1. The third kappa shape index (κ3) is 3.09. The van der Waals surface area contributed by atoms with Gasteiger partial charge in [0.2, 0.25) is 0 Å². The highest BCUT2D eigenvalue weighted by molar-refractivity contribution is 5.80. The highest BCUT2D eigenvalue weighted by Crippen LogP contribution is 2.24. The van der Waals surface area contributed by atoms with Gasteiger partial charge < -0.3 is 9.84 Å². The standard InChI is InChI=1S/C11H20N2O4/c1-5-11(8(14)15)6-7-13(12-11)9(16)17-10(2,3)4/h12H,5-7H2,1-4H3,(H,14,15)/t11-/m0/s1. The minimum absolute atomic E-state index is 0.342. The lowest BCUT2D eigenvalue weighted by Gasteiger charge is -2.27. The molecule has 1 heterocycles. The predicted molar refractivity (Wildman–Crippen MR) is 61.4 cm³/mol. The van der Waals surface area contributed by atoms with Crippen LogP contribution in [0, 0.1) is 0 Å². The summed E-state index contributed by atoms with van der Waals surface area (Å²) in [7, 11) is 0. The van der Waals surface area contributed by atoms with Crippen LogP contribution in [0.5, 0.6) is 0 Å². The quantitative estimate of drug-likeness (QED) is 0.767. The Morgan fingerprint density at radius 3 is 2.41 bits per heavy atom. The third-order valence-electron chi connectivity index (χ3n) is 2.74. The van der Waals surface area contributed by atoms with Crippen LogP contribution in [0.25, 0.3) is 0 Å². The van der Waals surface area contributed by atoms with Crippen molar-refractivity contribution in [3.63, 3.8) is 0 Å². The van der Waals surface area contributed by atoms with Crippen molar-refractivity contribution >= 4 is 12.1 Å². The first-order chi connectivity index (χ1) is 7.70. The van der Waals surface area contributed by atoms with Crippen molar-refractivity contribution in [1.29, 1.82) is 0 Å². The Hall–Kier alpha value is -1.30. The van der Waals surface area contributed by atoms with Crippen molar-refractivity contribution in [2.75, 3.05) is 6.54 Å². The van der Waals surface area contributed by atoms with E-state index in [0.29, 0.717) is 19.4 Å². The molecule has 0 saturated carbocycles. The van der Waals surface area contributed by atoms with Crippen LogP contribution in [0.3, 0.4) is 0 Å². The molecular weight excluding hydrogens is 224 g/mol. The van der Waals surface area contributed by atoms with E-state index in [1.807, 2.05) is 0 Å². The molecule has 1 rings (SSSR count). The largest absolute Gasteiger partial charge is 0.480 e. The number of hydrazine groups is 1. The molecule has 1 saturated heterocycles. The molecule has 0 aliphatic carbocycles. The summed E-state index contributed by atoms with van der Waals surface area (Å²) in [5.74, 6) is -0.939. The van der Waals surface area contributed by atoms with Gasteiger partial charge in [-0.3, -0.25) is 4.79 Å². The van der Waals surface area contributed by atoms with Crippen LogP contribution < -0.4 is 5.43 Å². The number of nitrogens with zero attached hydrogens (tertiary/aromatic N) is 1. The molecule has 0 radical (unpaired) electrons. The van der Waals surface area contributed by atoms with E-state index in [4.69, 9.17) is 9.84 Å². The minimum atomic E-state index is -1.04. The summed E-state index contributed by atoms with van der Waals surface area (Å²) in [6.07, 6.45) is 0.272. The molecule has 0 bridgehead atoms. The molecule has 17 heavy (non-hydrogen) atoms. The van der Waals surface area contributed by atoms with Crippen LogP contribution >= 0.6 is 0 Å². The van der Waals surface area contributed by atoms with Gasteiger partial charge in [0, 0.05) is 6.54 Å². The zero-order valence-electron chi connectivity index (χ0n) is 10.7. The maximum atomic E-state index is 11.7. The summed E-state index contributed by atoms with van der Waals surface area (Å²) in [6, 6.07) is 0. The topological polar surface area (TPSA) is 78.9 Å². The van der Waals surface area contributed by atoms with E-state index in [2.05, 4.69) is 5.43 Å². The molecule has 1 aliphatic heterocycles. The predicted octanol–water partition coefficient (Wildman–Crippen LogP) is 1.37. The molecule has 0 aromatic heterocycles. The molecule has 2 N–H and O–H groups in total. The number of hydrogen-bond acceptors (Lipinski definition) is 4. The van der Waals surface area contributed by atoms with Gasteiger partial charge in [0.25, 0.3) is 0 Å². The third-order valence-corrected chi connectivity index (χ3v) is 2.74. The number of carboxylic acids is 1. The lowest BCUT2D eigenvalue weighted by Crippen LogP contribution is -2.53. The Bertz CT molecular complexity index is 324. The number of carbonyl (C=O) groups excluding carboxylic acids is 1. The summed E-state index contributed by atoms with van der Waals surface area (Å²) < 4.78 is 5.17. The van der Waals surface area contributed by atoms with E-state index in [0.717, 1.165) is 0 Å². The van der Waals surface area contributed by atoms with Crippen LogP contribution in [0.15, 0.2) is 0 Å². The fourth-order valence-electron chi connectivity index (χ4n) is 1.69. The number of carbonyl (C=O) groups is 2. The van der Waals surface area contributed by atoms with Gasteiger partial charge in [-0.05, 0) is 33.6 Å². The summed E-state index contributed by atoms with van der Waals surface area (Å²) in [6.45, 7) is 7.43. The molecule has 6 nitrogen and oxygen atoms in total. The molecule has 1 aliphatic rings. The minimum Gasteiger partial charge on any atom is -0.480 e. The van der Waals surface area contributed by atoms with Gasteiger partial charge in [-0.25, -0.2) is 15.2 Å². The Morgan fingerprint density at radius 2 is 2.06 bits per heavy atom. The van der Waals surface area contributed by atoms with Gasteiger partial charge in [-0.1, -0.05) is 6.92 Å². The maximum absolute atomic E-state index is 11.7. The molecule has 1 atom stereocenters. The lowest BCUT2D eigenvalue weighted by molar-refractivity contribution is -0.145. The van der Waals surface area contributed by atoms with Crippen LogP contribution in [0.2, 0.25) is 0 Å². The first kappa shape index (κ1) is 13.8. The van der Waals surface area contributed by atoms with Gasteiger partial charge in [0.15, 0.2) is 0 Å². The van der Waals surface area contributed by atoms with Crippen LogP contribution in [0.1, 0.15) is 40.5 Å². The molecule has 0 aromatic rings. The first-order valence-corrected chi connectivity index (χ1v) is 5.72. The molecule has 0 spiro atoms. The molecule has 0 unspecified atom stereocenters. The molecule has 98 valence electrons. The van der Waals surface area contributed by atoms with E-state index >= 15 is 0 Å². The second-order valence-corrected chi connectivity index (χ2v) is 5.23. The van der Waals surface area contributed by atoms with Crippen LogP contribution in [-0.4, -0.2) is 39.9 Å². The average Bonchev–Trinajstić information content (AvgIpc) is 2.60. The van der Waals surface area contributed by atoms with E-state index in [9.17, 15) is 9.59 Å². The van der Waals surface area contributed by atoms with Gasteiger partial charge in [-0.15, -0.1) is 0 Å². The SMILES string of the molecule is CC[C@@]1(C(=O)O)CCN(C(=O)OC(C)(C)C)N1. The van der Waals surface area contributed by atoms with E-state index in [-0.39, 0.29) is 0 Å². The Morgan fingerprint density at radius 1 is 1.47 bits per heavy atom. The van der Waals surface area contributed by atoms with Crippen LogP contribution in [0.4, 0.5) is 4.79 Å². The number of carboxylic acid groups (broad SMARTS) is 1. The van der Waals surface area contributed by atoms with Crippen molar-refractivity contribution in [3.05, 3.63) is 0 Å². The number of nitrogens with one attached hydrogen (secondary N) is 1. The molecule has 1 amide bonds. The molecule has 1 fully saturated rings. The Labute approximate surface area is 101 Å². The normalized spacial score (nSPS) is 24.8.